The van der Waals surface area contributed by atoms with Crippen LogP contribution in [0.2, 0.25) is 0 Å². The van der Waals surface area contributed by atoms with Gasteiger partial charge in [0.05, 0.1) is 24.2 Å². The summed E-state index contributed by atoms with van der Waals surface area (Å²) in [6.07, 6.45) is 4.17. The predicted molar refractivity (Wildman–Crippen MR) is 154 cm³/mol. The lowest BCUT2D eigenvalue weighted by atomic mass is 10.1. The zero-order valence-corrected chi connectivity index (χ0v) is 23.3. The van der Waals surface area contributed by atoms with Crippen molar-refractivity contribution >= 4 is 32.3 Å². The van der Waals surface area contributed by atoms with Crippen LogP contribution in [-0.2, 0) is 23.5 Å². The van der Waals surface area contributed by atoms with Crippen molar-refractivity contribution in [3.8, 4) is 17.0 Å². The molecule has 10 heteroatoms. The van der Waals surface area contributed by atoms with Gasteiger partial charge >= 0.3 is 0 Å². The topological polar surface area (TPSA) is 92.6 Å². The fourth-order valence-electron chi connectivity index (χ4n) is 4.36. The molecule has 0 saturated carbocycles. The normalized spacial score (nSPS) is 11.6. The van der Waals surface area contributed by atoms with Crippen molar-refractivity contribution in [2.75, 3.05) is 51.0 Å². The molecule has 9 nitrogen and oxygen atoms in total. The number of para-hydroxylation sites is 1. The molecule has 0 fully saturated rings. The summed E-state index contributed by atoms with van der Waals surface area (Å²) < 4.78 is 35.3. The van der Waals surface area contributed by atoms with Gasteiger partial charge in [0.1, 0.15) is 11.6 Å². The van der Waals surface area contributed by atoms with Crippen LogP contribution >= 0.6 is 0 Å². The number of rotatable bonds is 11. The second-order valence-corrected chi connectivity index (χ2v) is 11.1. The molecule has 0 aliphatic heterocycles. The summed E-state index contributed by atoms with van der Waals surface area (Å²) in [5.74, 6) is 1.22. The molecule has 0 radical (unpaired) electrons. The summed E-state index contributed by atoms with van der Waals surface area (Å²) >= 11 is 0. The van der Waals surface area contributed by atoms with Crippen molar-refractivity contribution in [1.29, 1.82) is 0 Å². The van der Waals surface area contributed by atoms with E-state index in [0.29, 0.717) is 35.9 Å². The molecule has 0 saturated heterocycles. The van der Waals surface area contributed by atoms with E-state index in [2.05, 4.69) is 44.1 Å². The number of nitrogens with one attached hydrogen (secondary N) is 1. The second kappa shape index (κ2) is 11.2. The quantitative estimate of drug-likeness (QED) is 0.309. The van der Waals surface area contributed by atoms with Crippen LogP contribution in [-0.4, -0.2) is 69.2 Å². The highest BCUT2D eigenvalue weighted by molar-refractivity contribution is 7.95. The average Bonchev–Trinajstić information content (AvgIpc) is 3.24. The Morgan fingerprint density at radius 3 is 2.61 bits per heavy atom. The van der Waals surface area contributed by atoms with Gasteiger partial charge in [-0.15, -0.1) is 0 Å². The molecule has 2 aromatic heterocycles. The van der Waals surface area contributed by atoms with Gasteiger partial charge in [-0.1, -0.05) is 24.8 Å². The Bertz CT molecular complexity index is 1560. The monoisotopic (exact) mass is 534 g/mol. The van der Waals surface area contributed by atoms with Crippen molar-refractivity contribution < 1.29 is 13.2 Å². The van der Waals surface area contributed by atoms with E-state index in [9.17, 15) is 8.42 Å². The number of benzene rings is 2. The Balaban J connectivity index is 1.73. The third-order valence-corrected chi connectivity index (χ3v) is 7.33. The lowest BCUT2D eigenvalue weighted by Gasteiger charge is -2.26. The molecule has 2 aromatic carbocycles. The zero-order chi connectivity index (χ0) is 27.4. The number of likely N-dealkylation sites (N-methyl/N-ethyl adjacent to an activating group) is 2. The molecule has 0 atom stereocenters. The van der Waals surface area contributed by atoms with Crippen LogP contribution in [0.1, 0.15) is 11.4 Å². The van der Waals surface area contributed by atoms with E-state index in [-0.39, 0.29) is 0 Å². The van der Waals surface area contributed by atoms with Crippen molar-refractivity contribution in [1.82, 2.24) is 19.4 Å². The molecule has 0 amide bonds. The number of aromatic nitrogens is 3. The first-order valence-electron chi connectivity index (χ1n) is 12.2. The Morgan fingerprint density at radius 2 is 1.89 bits per heavy atom. The van der Waals surface area contributed by atoms with E-state index in [0.717, 1.165) is 39.7 Å². The van der Waals surface area contributed by atoms with Gasteiger partial charge in [0.15, 0.2) is 0 Å². The van der Waals surface area contributed by atoms with Crippen molar-refractivity contribution in [2.24, 2.45) is 7.05 Å². The van der Waals surface area contributed by atoms with Crippen LogP contribution in [0.3, 0.4) is 0 Å². The summed E-state index contributed by atoms with van der Waals surface area (Å²) in [5.41, 5.74) is 4.86. The highest BCUT2D eigenvalue weighted by Gasteiger charge is 2.19. The van der Waals surface area contributed by atoms with Crippen LogP contribution in [0.15, 0.2) is 66.8 Å². The number of sulfonamides is 1. The first kappa shape index (κ1) is 27.2. The molecule has 4 rings (SSSR count). The highest BCUT2D eigenvalue weighted by atomic mass is 32.2. The third kappa shape index (κ3) is 5.98. The molecule has 0 bridgehead atoms. The number of nitrogens with zero attached hydrogens (tertiary/aromatic N) is 5. The first-order valence-corrected chi connectivity index (χ1v) is 13.7. The lowest BCUT2D eigenvalue weighted by Crippen LogP contribution is -2.29. The van der Waals surface area contributed by atoms with Crippen LogP contribution in [0.4, 0.5) is 11.4 Å². The number of hydrogen-bond acceptors (Lipinski definition) is 7. The number of anilines is 2. The third-order valence-electron chi connectivity index (χ3n) is 6.39. The highest BCUT2D eigenvalue weighted by Crippen LogP contribution is 2.35. The molecule has 200 valence electrons. The molecule has 1 N–H and O–H groups in total. The molecule has 38 heavy (non-hydrogen) atoms. The number of aryl methyl sites for hydroxylation is 1. The van der Waals surface area contributed by atoms with Gasteiger partial charge in [-0.25, -0.2) is 18.4 Å². The minimum atomic E-state index is -3.73. The van der Waals surface area contributed by atoms with Gasteiger partial charge in [-0.3, -0.25) is 4.72 Å². The summed E-state index contributed by atoms with van der Waals surface area (Å²) in [4.78, 5) is 13.4. The first-order chi connectivity index (χ1) is 18.1. The van der Waals surface area contributed by atoms with Gasteiger partial charge in [-0.2, -0.15) is 0 Å². The number of ether oxygens (including phenoxy) is 1. The summed E-state index contributed by atoms with van der Waals surface area (Å²) in [6, 6.07) is 13.7. The second-order valence-electron chi connectivity index (χ2n) is 9.43. The van der Waals surface area contributed by atoms with Crippen molar-refractivity contribution in [3.63, 3.8) is 0 Å². The predicted octanol–water partition coefficient (Wildman–Crippen LogP) is 4.12. The number of fused-ring (bicyclic) bond motifs is 1. The molecule has 0 spiro atoms. The molecule has 0 unspecified atom stereocenters. The Hall–Kier alpha value is -3.89. The molecular weight excluding hydrogens is 500 g/mol. The standard InChI is InChI=1S/C28H34N6O3S/c1-7-38(35,36)31-24-16-20(27(37-6)18-26(24)33(4)15-14-32(2)3)17-28-29-13-12-23(30-28)22-19-34(5)25-11-9-8-10-21(22)25/h7-13,16,18-19,31H,1,14-15,17H2,2-6H3. The van der Waals surface area contributed by atoms with Crippen molar-refractivity contribution in [2.45, 2.75) is 6.42 Å². The maximum atomic E-state index is 12.4. The Morgan fingerprint density at radius 1 is 1.13 bits per heavy atom. The summed E-state index contributed by atoms with van der Waals surface area (Å²) in [7, 11) is 5.79. The molecular formula is C28H34N6O3S. The largest absolute Gasteiger partial charge is 0.496 e. The van der Waals surface area contributed by atoms with E-state index in [1.165, 1.54) is 0 Å². The average molecular weight is 535 g/mol. The van der Waals surface area contributed by atoms with Gasteiger partial charge in [0.2, 0.25) is 0 Å². The number of hydrogen-bond donors (Lipinski definition) is 1. The van der Waals surface area contributed by atoms with Crippen LogP contribution in [0, 0.1) is 0 Å². The van der Waals surface area contributed by atoms with E-state index < -0.39 is 10.0 Å². The minimum absolute atomic E-state index is 0.353. The van der Waals surface area contributed by atoms with E-state index in [1.54, 1.807) is 19.4 Å². The van der Waals surface area contributed by atoms with Crippen LogP contribution in [0.25, 0.3) is 22.2 Å². The van der Waals surface area contributed by atoms with Crippen molar-refractivity contribution in [3.05, 3.63) is 78.2 Å². The Labute approximate surface area is 224 Å². The lowest BCUT2D eigenvalue weighted by molar-refractivity contribution is 0.409. The van der Waals surface area contributed by atoms with E-state index >= 15 is 0 Å². The fraction of sp³-hybridized carbons (Fsp3) is 0.286. The maximum Gasteiger partial charge on any atom is 0.254 e. The minimum Gasteiger partial charge on any atom is -0.496 e. The smallest absolute Gasteiger partial charge is 0.254 e. The number of methoxy groups -OCH3 is 1. The SMILES string of the molecule is C=CS(=O)(=O)Nc1cc(Cc2nccc(-c3cn(C)c4ccccc34)n2)c(OC)cc1N(C)CCN(C)C. The molecule has 0 aliphatic carbocycles. The van der Waals surface area contributed by atoms with Gasteiger partial charge in [-0.05, 0) is 32.3 Å². The Kier molecular flexibility index (Phi) is 8.03. The molecule has 4 aromatic rings. The fourth-order valence-corrected chi connectivity index (χ4v) is 4.91. The van der Waals surface area contributed by atoms with Gasteiger partial charge < -0.3 is 19.1 Å². The van der Waals surface area contributed by atoms with Crippen LogP contribution in [0.5, 0.6) is 5.75 Å². The summed E-state index contributed by atoms with van der Waals surface area (Å²) in [5, 5.41) is 2.01. The van der Waals surface area contributed by atoms with Crippen LogP contribution < -0.4 is 14.4 Å². The van der Waals surface area contributed by atoms with E-state index in [1.807, 2.05) is 57.4 Å². The zero-order valence-electron chi connectivity index (χ0n) is 22.5. The van der Waals surface area contributed by atoms with Gasteiger partial charge in [0.25, 0.3) is 10.0 Å². The van der Waals surface area contributed by atoms with Gasteiger partial charge in [0, 0.05) is 79.5 Å². The van der Waals surface area contributed by atoms with E-state index in [4.69, 9.17) is 9.72 Å². The molecule has 0 aliphatic rings. The molecule has 2 heterocycles. The summed E-state index contributed by atoms with van der Waals surface area (Å²) in [6.45, 7) is 4.91. The maximum absolute atomic E-state index is 12.4.